The van der Waals surface area contributed by atoms with Crippen molar-refractivity contribution in [2.45, 2.75) is 19.9 Å². The molecule has 2 aromatic rings. The average Bonchev–Trinajstić information content (AvgIpc) is 2.71. The average molecular weight is 332 g/mol. The maximum Gasteiger partial charge on any atom is 0.265 e. The molecule has 0 fully saturated rings. The van der Waals surface area contributed by atoms with E-state index in [-0.39, 0.29) is 18.6 Å². The summed E-state index contributed by atoms with van der Waals surface area (Å²) in [6, 6.07) is 5.37. The zero-order valence-corrected chi connectivity index (χ0v) is 13.5. The Kier molecular flexibility index (Phi) is 4.91. The summed E-state index contributed by atoms with van der Waals surface area (Å²) in [6.07, 6.45) is 0. The van der Waals surface area contributed by atoms with E-state index in [4.69, 9.17) is 28.3 Å². The summed E-state index contributed by atoms with van der Waals surface area (Å²) in [5.41, 5.74) is 0. The van der Waals surface area contributed by atoms with Crippen LogP contribution in [0.15, 0.2) is 18.2 Å². The van der Waals surface area contributed by atoms with Crippen molar-refractivity contribution in [2.24, 2.45) is 0 Å². The van der Waals surface area contributed by atoms with E-state index in [9.17, 15) is 4.79 Å². The number of hydrogen-bond donors (Lipinski definition) is 1. The van der Waals surface area contributed by atoms with Crippen LogP contribution in [0.5, 0.6) is 0 Å². The zero-order valence-electron chi connectivity index (χ0n) is 11.2. The molecule has 0 aliphatic carbocycles. The molecule has 0 aliphatic rings. The van der Waals surface area contributed by atoms with Gasteiger partial charge in [-0.25, -0.2) is 0 Å². The summed E-state index contributed by atoms with van der Waals surface area (Å²) >= 11 is 13.6. The Hall–Kier alpha value is -0.810. The van der Waals surface area contributed by atoms with E-state index >= 15 is 0 Å². The summed E-state index contributed by atoms with van der Waals surface area (Å²) < 4.78 is 0.888. The van der Waals surface area contributed by atoms with E-state index in [1.807, 2.05) is 19.9 Å². The minimum atomic E-state index is -0.156. The fraction of sp³-hybridized carbons (Fsp3) is 0.357. The fourth-order valence-electron chi connectivity index (χ4n) is 2.01. The molecule has 0 aliphatic heterocycles. The minimum absolute atomic E-state index is 0.000447. The number of amides is 1. The second kappa shape index (κ2) is 6.31. The number of aliphatic hydroxyl groups excluding tert-OH is 1. The molecule has 3 nitrogen and oxygen atoms in total. The Labute approximate surface area is 131 Å². The number of rotatable bonds is 4. The van der Waals surface area contributed by atoms with Gasteiger partial charge in [-0.1, -0.05) is 29.3 Å². The lowest BCUT2D eigenvalue weighted by atomic mass is 10.2. The van der Waals surface area contributed by atoms with Crippen LogP contribution in [0.2, 0.25) is 10.0 Å². The van der Waals surface area contributed by atoms with Gasteiger partial charge < -0.3 is 10.0 Å². The minimum Gasteiger partial charge on any atom is -0.395 e. The number of carbonyl (C=O) groups is 1. The molecule has 1 N–H and O–H groups in total. The van der Waals surface area contributed by atoms with Gasteiger partial charge >= 0.3 is 0 Å². The first-order valence-corrected chi connectivity index (χ1v) is 7.82. The highest BCUT2D eigenvalue weighted by atomic mass is 35.5. The van der Waals surface area contributed by atoms with E-state index in [0.29, 0.717) is 21.5 Å². The monoisotopic (exact) mass is 331 g/mol. The van der Waals surface area contributed by atoms with Crippen molar-refractivity contribution >= 4 is 50.5 Å². The van der Waals surface area contributed by atoms with Crippen molar-refractivity contribution in [3.63, 3.8) is 0 Å². The fourth-order valence-corrected chi connectivity index (χ4v) is 3.75. The maximum absolute atomic E-state index is 12.6. The smallest absolute Gasteiger partial charge is 0.265 e. The number of benzene rings is 1. The molecule has 1 aromatic heterocycles. The summed E-state index contributed by atoms with van der Waals surface area (Å²) in [6.45, 7) is 4.04. The summed E-state index contributed by atoms with van der Waals surface area (Å²) in [5.74, 6) is -0.156. The zero-order chi connectivity index (χ0) is 14.9. The number of halogens is 2. The van der Waals surface area contributed by atoms with Crippen molar-refractivity contribution in [1.82, 2.24) is 4.90 Å². The van der Waals surface area contributed by atoms with Gasteiger partial charge in [0.2, 0.25) is 0 Å². The third kappa shape index (κ3) is 2.93. The van der Waals surface area contributed by atoms with Crippen molar-refractivity contribution in [3.8, 4) is 0 Å². The highest BCUT2D eigenvalue weighted by Gasteiger charge is 2.24. The Bertz CT molecular complexity index is 639. The van der Waals surface area contributed by atoms with Crippen molar-refractivity contribution in [1.29, 1.82) is 0 Å². The third-order valence-corrected chi connectivity index (χ3v) is 4.89. The van der Waals surface area contributed by atoms with E-state index in [0.717, 1.165) is 10.1 Å². The summed E-state index contributed by atoms with van der Waals surface area (Å²) in [4.78, 5) is 14.7. The summed E-state index contributed by atoms with van der Waals surface area (Å²) in [5, 5.41) is 11.0. The molecular weight excluding hydrogens is 317 g/mol. The molecule has 0 unspecified atom stereocenters. The predicted octanol–water partition coefficient (Wildman–Crippen LogP) is 4.05. The second-order valence-corrected chi connectivity index (χ2v) is 6.57. The summed E-state index contributed by atoms with van der Waals surface area (Å²) in [7, 11) is 0. The van der Waals surface area contributed by atoms with E-state index in [2.05, 4.69) is 0 Å². The Balaban J connectivity index is 2.46. The first kappa shape index (κ1) is 15.6. The van der Waals surface area contributed by atoms with Gasteiger partial charge in [0.05, 0.1) is 11.6 Å². The molecule has 0 spiro atoms. The third-order valence-electron chi connectivity index (χ3n) is 3.01. The maximum atomic E-state index is 12.6. The second-order valence-electron chi connectivity index (χ2n) is 4.70. The molecule has 1 heterocycles. The van der Waals surface area contributed by atoms with Crippen LogP contribution in [0.25, 0.3) is 10.1 Å². The lowest BCUT2D eigenvalue weighted by Gasteiger charge is -2.25. The first-order valence-electron chi connectivity index (χ1n) is 6.25. The van der Waals surface area contributed by atoms with Crippen molar-refractivity contribution < 1.29 is 9.90 Å². The molecule has 0 atom stereocenters. The van der Waals surface area contributed by atoms with Gasteiger partial charge in [0, 0.05) is 27.7 Å². The van der Waals surface area contributed by atoms with Crippen LogP contribution in [-0.2, 0) is 0 Å². The molecule has 0 saturated carbocycles. The normalized spacial score (nSPS) is 11.3. The number of aliphatic hydroxyl groups is 1. The molecule has 0 saturated heterocycles. The lowest BCUT2D eigenvalue weighted by molar-refractivity contribution is 0.0670. The highest BCUT2D eigenvalue weighted by molar-refractivity contribution is 7.21. The standard InChI is InChI=1S/C14H15Cl2NO2S/c1-8(2)17(5-6-18)14(19)13-12(16)10-4-3-9(15)7-11(10)20-13/h3-4,7-8,18H,5-6H2,1-2H3. The van der Waals surface area contributed by atoms with E-state index in [1.165, 1.54) is 11.3 Å². The number of nitrogens with zero attached hydrogens (tertiary/aromatic N) is 1. The Morgan fingerprint density at radius 2 is 2.10 bits per heavy atom. The molecule has 0 bridgehead atoms. The number of fused-ring (bicyclic) bond motifs is 1. The molecule has 1 aromatic carbocycles. The van der Waals surface area contributed by atoms with Crippen LogP contribution in [0.3, 0.4) is 0 Å². The van der Waals surface area contributed by atoms with Gasteiger partial charge in [0.1, 0.15) is 4.88 Å². The van der Waals surface area contributed by atoms with E-state index in [1.54, 1.807) is 17.0 Å². The molecule has 6 heteroatoms. The highest BCUT2D eigenvalue weighted by Crippen LogP contribution is 2.37. The lowest BCUT2D eigenvalue weighted by Crippen LogP contribution is -2.38. The largest absolute Gasteiger partial charge is 0.395 e. The molecule has 1 amide bonds. The molecular formula is C14H15Cl2NO2S. The van der Waals surface area contributed by atoms with E-state index < -0.39 is 0 Å². The van der Waals surface area contributed by atoms with Gasteiger partial charge in [-0.2, -0.15) is 0 Å². The van der Waals surface area contributed by atoms with Crippen LogP contribution >= 0.6 is 34.5 Å². The molecule has 108 valence electrons. The molecule has 20 heavy (non-hydrogen) atoms. The van der Waals surface area contributed by atoms with Crippen LogP contribution in [0.1, 0.15) is 23.5 Å². The van der Waals surface area contributed by atoms with Gasteiger partial charge in [-0.05, 0) is 26.0 Å². The Morgan fingerprint density at radius 1 is 1.40 bits per heavy atom. The topological polar surface area (TPSA) is 40.5 Å². The quantitative estimate of drug-likeness (QED) is 0.917. The van der Waals surface area contributed by atoms with Crippen LogP contribution < -0.4 is 0 Å². The van der Waals surface area contributed by atoms with Crippen LogP contribution in [-0.4, -0.2) is 35.1 Å². The predicted molar refractivity (Wildman–Crippen MR) is 85.1 cm³/mol. The Morgan fingerprint density at radius 3 is 2.70 bits per heavy atom. The van der Waals surface area contributed by atoms with Crippen molar-refractivity contribution in [3.05, 3.63) is 33.1 Å². The number of carbonyl (C=O) groups excluding carboxylic acids is 1. The van der Waals surface area contributed by atoms with Gasteiger partial charge in [-0.15, -0.1) is 11.3 Å². The van der Waals surface area contributed by atoms with Crippen LogP contribution in [0, 0.1) is 0 Å². The molecule has 0 radical (unpaired) electrons. The van der Waals surface area contributed by atoms with Gasteiger partial charge in [-0.3, -0.25) is 4.79 Å². The van der Waals surface area contributed by atoms with Gasteiger partial charge in [0.15, 0.2) is 0 Å². The van der Waals surface area contributed by atoms with Gasteiger partial charge in [0.25, 0.3) is 5.91 Å². The first-order chi connectivity index (χ1) is 9.45. The SMILES string of the molecule is CC(C)N(CCO)C(=O)c1sc2cc(Cl)ccc2c1Cl. The van der Waals surface area contributed by atoms with Crippen molar-refractivity contribution in [2.75, 3.05) is 13.2 Å². The number of thiophene rings is 1. The molecule has 2 rings (SSSR count). The number of hydrogen-bond acceptors (Lipinski definition) is 3. The van der Waals surface area contributed by atoms with Crippen LogP contribution in [0.4, 0.5) is 0 Å².